The maximum Gasteiger partial charge on any atom is 0.386 e. The maximum absolute atomic E-state index is 11.7. The summed E-state index contributed by atoms with van der Waals surface area (Å²) < 4.78 is 0. The van der Waals surface area contributed by atoms with Gasteiger partial charge in [-0.05, 0) is 18.6 Å². The lowest BCUT2D eigenvalue weighted by atomic mass is 10.0. The van der Waals surface area contributed by atoms with Gasteiger partial charge in [0.1, 0.15) is 0 Å². The topological polar surface area (TPSA) is 52.6 Å². The second-order valence-electron chi connectivity index (χ2n) is 7.89. The number of carbonyl (C=O) groups is 2. The molecule has 0 N–H and O–H groups in total. The minimum Gasteiger partial charge on any atom is -0.247 e. The highest BCUT2D eigenvalue weighted by Gasteiger charge is 2.11. The molecule has 4 heteroatoms. The molecule has 0 bridgehead atoms. The van der Waals surface area contributed by atoms with E-state index in [1.165, 1.54) is 77.0 Å². The van der Waals surface area contributed by atoms with Gasteiger partial charge in [-0.3, -0.25) is 0 Å². The van der Waals surface area contributed by atoms with E-state index < -0.39 is 11.9 Å². The number of hydrogen-bond acceptors (Lipinski definition) is 4. The molecule has 1 rings (SSSR count). The lowest BCUT2D eigenvalue weighted by molar-refractivity contribution is -0.234. The molecular weight excluding hydrogens is 364 g/mol. The van der Waals surface area contributed by atoms with Gasteiger partial charge in [0, 0.05) is 0 Å². The highest BCUT2D eigenvalue weighted by molar-refractivity contribution is 5.89. The van der Waals surface area contributed by atoms with Crippen molar-refractivity contribution in [3.8, 4) is 0 Å². The van der Waals surface area contributed by atoms with Crippen molar-refractivity contribution in [3.05, 3.63) is 35.9 Å². The number of rotatable bonds is 17. The summed E-state index contributed by atoms with van der Waals surface area (Å²) in [6.07, 6.45) is 19.6. The molecule has 0 radical (unpaired) electrons. The number of unbranched alkanes of at least 4 members (excludes halogenated alkanes) is 14. The van der Waals surface area contributed by atoms with E-state index in [0.29, 0.717) is 12.0 Å². The van der Waals surface area contributed by atoms with Crippen LogP contribution in [0.2, 0.25) is 0 Å². The Balaban J connectivity index is 1.82. The lowest BCUT2D eigenvalue weighted by Gasteiger charge is -2.04. The maximum atomic E-state index is 11.7. The molecular formula is C25H40O4. The van der Waals surface area contributed by atoms with Gasteiger partial charge >= 0.3 is 11.9 Å². The van der Waals surface area contributed by atoms with Crippen LogP contribution in [0.4, 0.5) is 0 Å². The molecule has 4 nitrogen and oxygen atoms in total. The van der Waals surface area contributed by atoms with Crippen molar-refractivity contribution in [2.45, 2.75) is 110 Å². The van der Waals surface area contributed by atoms with E-state index in [2.05, 4.69) is 16.7 Å². The number of benzene rings is 1. The van der Waals surface area contributed by atoms with Gasteiger partial charge in [0.25, 0.3) is 0 Å². The molecule has 1 aromatic rings. The van der Waals surface area contributed by atoms with E-state index in [-0.39, 0.29) is 0 Å². The Morgan fingerprint density at radius 3 is 1.55 bits per heavy atom. The van der Waals surface area contributed by atoms with Crippen molar-refractivity contribution < 1.29 is 19.4 Å². The smallest absolute Gasteiger partial charge is 0.247 e. The summed E-state index contributed by atoms with van der Waals surface area (Å²) in [5.41, 5.74) is 0.368. The SMILES string of the molecule is CCCCCCCCCCCCCCCCCC(=O)OOC(=O)c1ccccc1. The summed E-state index contributed by atoms with van der Waals surface area (Å²) in [7, 11) is 0. The molecule has 164 valence electrons. The Kier molecular flexibility index (Phi) is 15.8. The molecule has 0 aromatic heterocycles. The summed E-state index contributed by atoms with van der Waals surface area (Å²) in [5, 5.41) is 0. The average Bonchev–Trinajstić information content (AvgIpc) is 2.75. The number of carbonyl (C=O) groups excluding carboxylic acids is 2. The van der Waals surface area contributed by atoms with Crippen molar-refractivity contribution >= 4 is 11.9 Å². The average molecular weight is 405 g/mol. The van der Waals surface area contributed by atoms with Crippen molar-refractivity contribution in [3.63, 3.8) is 0 Å². The van der Waals surface area contributed by atoms with Crippen LogP contribution in [-0.2, 0) is 14.6 Å². The molecule has 1 aromatic carbocycles. The third kappa shape index (κ3) is 14.8. The van der Waals surface area contributed by atoms with Gasteiger partial charge in [-0.15, -0.1) is 0 Å². The minimum absolute atomic E-state index is 0.292. The van der Waals surface area contributed by atoms with Gasteiger partial charge in [0.15, 0.2) is 0 Å². The Labute approximate surface area is 177 Å². The zero-order chi connectivity index (χ0) is 21.0. The van der Waals surface area contributed by atoms with Crippen LogP contribution < -0.4 is 0 Å². The summed E-state index contributed by atoms with van der Waals surface area (Å²) in [4.78, 5) is 32.4. The van der Waals surface area contributed by atoms with Crippen LogP contribution in [0.25, 0.3) is 0 Å². The Bertz CT molecular complexity index is 527. The van der Waals surface area contributed by atoms with Crippen molar-refractivity contribution in [1.29, 1.82) is 0 Å². The van der Waals surface area contributed by atoms with E-state index >= 15 is 0 Å². The summed E-state index contributed by atoms with van der Waals surface area (Å²) in [6.45, 7) is 2.26. The third-order valence-electron chi connectivity index (χ3n) is 5.20. The Morgan fingerprint density at radius 2 is 1.07 bits per heavy atom. The van der Waals surface area contributed by atoms with Gasteiger partial charge in [-0.2, -0.15) is 0 Å². The Morgan fingerprint density at radius 1 is 0.621 bits per heavy atom. The second kappa shape index (κ2) is 18.2. The molecule has 0 aliphatic carbocycles. The molecule has 0 spiro atoms. The largest absolute Gasteiger partial charge is 0.386 e. The highest BCUT2D eigenvalue weighted by Crippen LogP contribution is 2.14. The lowest BCUT2D eigenvalue weighted by Crippen LogP contribution is -2.11. The van der Waals surface area contributed by atoms with Gasteiger partial charge in [0.05, 0.1) is 12.0 Å². The van der Waals surface area contributed by atoms with Crippen LogP contribution in [-0.4, -0.2) is 11.9 Å². The van der Waals surface area contributed by atoms with Crippen molar-refractivity contribution in [2.24, 2.45) is 0 Å². The first-order chi connectivity index (χ1) is 14.2. The molecule has 0 fully saturated rings. The predicted molar refractivity (Wildman–Crippen MR) is 117 cm³/mol. The van der Waals surface area contributed by atoms with E-state index in [0.717, 1.165) is 19.3 Å². The normalized spacial score (nSPS) is 10.7. The molecule has 0 aliphatic heterocycles. The number of hydrogen-bond donors (Lipinski definition) is 0. The van der Waals surface area contributed by atoms with Crippen molar-refractivity contribution in [1.82, 2.24) is 0 Å². The quantitative estimate of drug-likeness (QED) is 0.153. The van der Waals surface area contributed by atoms with Gasteiger partial charge in [-0.25, -0.2) is 19.4 Å². The van der Waals surface area contributed by atoms with E-state index in [1.54, 1.807) is 30.3 Å². The zero-order valence-electron chi connectivity index (χ0n) is 18.3. The highest BCUT2D eigenvalue weighted by atomic mass is 17.2. The molecule has 0 atom stereocenters. The fraction of sp³-hybridized carbons (Fsp3) is 0.680. The monoisotopic (exact) mass is 404 g/mol. The predicted octanol–water partition coefficient (Wildman–Crippen LogP) is 7.56. The first-order valence-corrected chi connectivity index (χ1v) is 11.7. The first-order valence-electron chi connectivity index (χ1n) is 11.7. The first kappa shape index (κ1) is 25.2. The molecule has 0 amide bonds. The second-order valence-corrected chi connectivity index (χ2v) is 7.89. The van der Waals surface area contributed by atoms with Crippen LogP contribution in [0.5, 0.6) is 0 Å². The molecule has 0 unspecified atom stereocenters. The summed E-state index contributed by atoms with van der Waals surface area (Å²) in [6, 6.07) is 8.50. The minimum atomic E-state index is -0.643. The van der Waals surface area contributed by atoms with Crippen LogP contribution in [0, 0.1) is 0 Å². The van der Waals surface area contributed by atoms with Crippen LogP contribution in [0.3, 0.4) is 0 Å². The standard InChI is InChI=1S/C25H40O4/c1-2-3-4-5-6-7-8-9-10-11-12-13-14-15-19-22-24(26)28-29-25(27)23-20-17-16-18-21-23/h16-18,20-21H,2-15,19,22H2,1H3. The van der Waals surface area contributed by atoms with E-state index in [9.17, 15) is 9.59 Å². The third-order valence-corrected chi connectivity index (χ3v) is 5.20. The van der Waals surface area contributed by atoms with Crippen LogP contribution in [0.15, 0.2) is 30.3 Å². The summed E-state index contributed by atoms with van der Waals surface area (Å²) >= 11 is 0. The Hall–Kier alpha value is -1.84. The van der Waals surface area contributed by atoms with Gasteiger partial charge in [0.2, 0.25) is 0 Å². The fourth-order valence-electron chi connectivity index (χ4n) is 3.39. The van der Waals surface area contributed by atoms with Crippen LogP contribution in [0.1, 0.15) is 120 Å². The molecule has 29 heavy (non-hydrogen) atoms. The molecule has 0 saturated carbocycles. The summed E-state index contributed by atoms with van der Waals surface area (Å²) in [5.74, 6) is -1.13. The van der Waals surface area contributed by atoms with Gasteiger partial charge < -0.3 is 0 Å². The molecule has 0 aliphatic rings. The molecule has 0 heterocycles. The van der Waals surface area contributed by atoms with Crippen molar-refractivity contribution in [2.75, 3.05) is 0 Å². The molecule has 0 saturated heterocycles. The van der Waals surface area contributed by atoms with Gasteiger partial charge in [-0.1, -0.05) is 115 Å². The van der Waals surface area contributed by atoms with E-state index in [1.807, 2.05) is 0 Å². The van der Waals surface area contributed by atoms with E-state index in [4.69, 9.17) is 0 Å². The zero-order valence-corrected chi connectivity index (χ0v) is 18.3. The van der Waals surface area contributed by atoms with Crippen LogP contribution >= 0.6 is 0 Å². The fourth-order valence-corrected chi connectivity index (χ4v) is 3.39.